The third-order valence-corrected chi connectivity index (χ3v) is 6.15. The van der Waals surface area contributed by atoms with E-state index in [-0.39, 0.29) is 31.7 Å². The summed E-state index contributed by atoms with van der Waals surface area (Å²) in [6.07, 6.45) is 5.07. The summed E-state index contributed by atoms with van der Waals surface area (Å²) in [5, 5.41) is 8.69. The van der Waals surface area contributed by atoms with Crippen molar-refractivity contribution >= 4 is 11.9 Å². The van der Waals surface area contributed by atoms with E-state index < -0.39 is 11.9 Å². The lowest BCUT2D eigenvalue weighted by atomic mass is 9.84. The fourth-order valence-electron chi connectivity index (χ4n) is 4.10. The van der Waals surface area contributed by atoms with Crippen molar-refractivity contribution in [3.05, 3.63) is 22.3 Å². The summed E-state index contributed by atoms with van der Waals surface area (Å²) < 4.78 is 17.0. The van der Waals surface area contributed by atoms with Gasteiger partial charge < -0.3 is 19.3 Å². The van der Waals surface area contributed by atoms with Crippen LogP contribution in [0.4, 0.5) is 0 Å². The molecule has 1 heterocycles. The highest BCUT2D eigenvalue weighted by atomic mass is 16.5. The number of aliphatic hydroxyl groups is 1. The summed E-state index contributed by atoms with van der Waals surface area (Å²) in [5.41, 5.74) is 3.76. The highest BCUT2D eigenvalue weighted by Crippen LogP contribution is 2.45. The van der Waals surface area contributed by atoms with Crippen LogP contribution >= 0.6 is 0 Å². The number of aliphatic hydroxyl groups excluding tert-OH is 1. The van der Waals surface area contributed by atoms with Crippen molar-refractivity contribution in [1.82, 2.24) is 0 Å². The second kappa shape index (κ2) is 11.0. The van der Waals surface area contributed by atoms with Crippen molar-refractivity contribution in [2.75, 3.05) is 13.2 Å². The molecule has 0 aromatic heterocycles. The first kappa shape index (κ1) is 25.2. The van der Waals surface area contributed by atoms with Gasteiger partial charge in [0.1, 0.15) is 23.7 Å². The lowest BCUT2D eigenvalue weighted by Crippen LogP contribution is -2.37. The number of esters is 2. The number of rotatable bonds is 10. The fraction of sp³-hybridized carbons (Fsp3) is 0.680. The molecule has 1 N–H and O–H groups in total. The van der Waals surface area contributed by atoms with Crippen molar-refractivity contribution in [3.8, 4) is 11.5 Å². The molecule has 31 heavy (non-hydrogen) atoms. The topological polar surface area (TPSA) is 82.1 Å². The van der Waals surface area contributed by atoms with Gasteiger partial charge in [0.25, 0.3) is 0 Å². The smallest absolute Gasteiger partial charge is 0.311 e. The van der Waals surface area contributed by atoms with E-state index in [9.17, 15) is 9.59 Å². The molecule has 174 valence electrons. The standard InChI is InChI=1S/C25H38O6/c1-16(2)8-7-12-25(6)13-11-20-19(5)23(17(3)18(4)24(20)31-25)30-22(28)10-9-21(27)29-15-14-26/h16,26H,7-15H2,1-6H3. The van der Waals surface area contributed by atoms with Crippen LogP contribution in [0.15, 0.2) is 0 Å². The van der Waals surface area contributed by atoms with Crippen molar-refractivity contribution < 1.29 is 28.9 Å². The molecule has 0 amide bonds. The van der Waals surface area contributed by atoms with Crippen LogP contribution in [0.3, 0.4) is 0 Å². The Bertz CT molecular complexity index is 798. The molecule has 0 saturated carbocycles. The van der Waals surface area contributed by atoms with E-state index in [0.29, 0.717) is 11.7 Å². The number of fused-ring (bicyclic) bond motifs is 1. The number of carbonyl (C=O) groups excluding carboxylic acids is 2. The van der Waals surface area contributed by atoms with E-state index in [1.165, 1.54) is 6.42 Å². The quantitative estimate of drug-likeness (QED) is 0.423. The maximum atomic E-state index is 12.3. The molecule has 0 radical (unpaired) electrons. The molecule has 1 aromatic carbocycles. The molecule has 0 aliphatic carbocycles. The maximum absolute atomic E-state index is 12.3. The van der Waals surface area contributed by atoms with Crippen LogP contribution in [-0.4, -0.2) is 35.9 Å². The van der Waals surface area contributed by atoms with Gasteiger partial charge >= 0.3 is 11.9 Å². The molecule has 1 atom stereocenters. The van der Waals surface area contributed by atoms with Crippen LogP contribution in [0.2, 0.25) is 0 Å². The summed E-state index contributed by atoms with van der Waals surface area (Å²) in [6.45, 7) is 12.3. The van der Waals surface area contributed by atoms with Gasteiger partial charge in [0, 0.05) is 5.56 Å². The zero-order chi connectivity index (χ0) is 23.2. The Morgan fingerprint density at radius 2 is 1.77 bits per heavy atom. The Morgan fingerprint density at radius 3 is 2.42 bits per heavy atom. The van der Waals surface area contributed by atoms with Gasteiger partial charge in [-0.2, -0.15) is 0 Å². The minimum Gasteiger partial charge on any atom is -0.487 e. The molecule has 0 bridgehead atoms. The molecule has 2 rings (SSSR count). The summed E-state index contributed by atoms with van der Waals surface area (Å²) in [7, 11) is 0. The molecular weight excluding hydrogens is 396 g/mol. The van der Waals surface area contributed by atoms with Gasteiger partial charge in [-0.15, -0.1) is 0 Å². The number of benzene rings is 1. The third-order valence-electron chi connectivity index (χ3n) is 6.15. The van der Waals surface area contributed by atoms with Crippen LogP contribution < -0.4 is 9.47 Å². The fourth-order valence-corrected chi connectivity index (χ4v) is 4.10. The van der Waals surface area contributed by atoms with Gasteiger partial charge in [-0.3, -0.25) is 9.59 Å². The SMILES string of the molecule is Cc1c(C)c2c(c(C)c1OC(=O)CCC(=O)OCCO)CCC(C)(CCCC(C)C)O2. The van der Waals surface area contributed by atoms with Crippen LogP contribution in [0.5, 0.6) is 11.5 Å². The van der Waals surface area contributed by atoms with Crippen LogP contribution in [-0.2, 0) is 20.7 Å². The van der Waals surface area contributed by atoms with Crippen molar-refractivity contribution in [2.45, 2.75) is 92.1 Å². The second-order valence-corrected chi connectivity index (χ2v) is 9.27. The maximum Gasteiger partial charge on any atom is 0.311 e. The second-order valence-electron chi connectivity index (χ2n) is 9.27. The van der Waals surface area contributed by atoms with E-state index in [4.69, 9.17) is 19.3 Å². The summed E-state index contributed by atoms with van der Waals surface area (Å²) in [4.78, 5) is 23.9. The monoisotopic (exact) mass is 434 g/mol. The van der Waals surface area contributed by atoms with Gasteiger partial charge in [-0.25, -0.2) is 0 Å². The predicted molar refractivity (Wildman–Crippen MR) is 120 cm³/mol. The minimum atomic E-state index is -0.522. The van der Waals surface area contributed by atoms with Crippen molar-refractivity contribution in [3.63, 3.8) is 0 Å². The molecule has 6 nitrogen and oxygen atoms in total. The van der Waals surface area contributed by atoms with Crippen LogP contribution in [0, 0.1) is 26.7 Å². The predicted octanol–water partition coefficient (Wildman–Crippen LogP) is 4.74. The van der Waals surface area contributed by atoms with Crippen LogP contribution in [0.25, 0.3) is 0 Å². The number of carbonyl (C=O) groups is 2. The molecular formula is C25H38O6. The first-order valence-electron chi connectivity index (χ1n) is 11.4. The summed E-state index contributed by atoms with van der Waals surface area (Å²) >= 11 is 0. The number of hydrogen-bond acceptors (Lipinski definition) is 6. The molecule has 6 heteroatoms. The van der Waals surface area contributed by atoms with Gasteiger partial charge in [-0.05, 0) is 76.0 Å². The highest BCUT2D eigenvalue weighted by Gasteiger charge is 2.34. The summed E-state index contributed by atoms with van der Waals surface area (Å²) in [6, 6.07) is 0. The Morgan fingerprint density at radius 1 is 1.10 bits per heavy atom. The molecule has 1 unspecified atom stereocenters. The Kier molecular flexibility index (Phi) is 8.92. The largest absolute Gasteiger partial charge is 0.487 e. The molecule has 0 fully saturated rings. The number of hydrogen-bond donors (Lipinski definition) is 1. The Balaban J connectivity index is 2.12. The third kappa shape index (κ3) is 6.70. The summed E-state index contributed by atoms with van der Waals surface area (Å²) in [5.74, 6) is 1.20. The van der Waals surface area contributed by atoms with Gasteiger partial charge in [0.15, 0.2) is 0 Å². The molecule has 0 saturated heterocycles. The van der Waals surface area contributed by atoms with E-state index in [1.807, 2.05) is 20.8 Å². The molecule has 1 aliphatic rings. The van der Waals surface area contributed by atoms with E-state index >= 15 is 0 Å². The Labute approximate surface area is 186 Å². The van der Waals surface area contributed by atoms with E-state index in [1.54, 1.807) is 0 Å². The molecule has 0 spiro atoms. The normalized spacial score (nSPS) is 17.8. The molecule has 1 aliphatic heterocycles. The van der Waals surface area contributed by atoms with Gasteiger partial charge in [0.2, 0.25) is 0 Å². The lowest BCUT2D eigenvalue weighted by Gasteiger charge is -2.38. The zero-order valence-corrected chi connectivity index (χ0v) is 19.9. The van der Waals surface area contributed by atoms with Gasteiger partial charge in [-0.1, -0.05) is 20.3 Å². The van der Waals surface area contributed by atoms with Crippen molar-refractivity contribution in [2.24, 2.45) is 5.92 Å². The first-order chi connectivity index (χ1) is 14.6. The van der Waals surface area contributed by atoms with Crippen LogP contribution in [0.1, 0.15) is 81.5 Å². The van der Waals surface area contributed by atoms with Gasteiger partial charge in [0.05, 0.1) is 19.4 Å². The average Bonchev–Trinajstić information content (AvgIpc) is 2.71. The Hall–Kier alpha value is -2.08. The number of ether oxygens (including phenoxy) is 3. The average molecular weight is 435 g/mol. The van der Waals surface area contributed by atoms with E-state index in [2.05, 4.69) is 20.8 Å². The lowest BCUT2D eigenvalue weighted by molar-refractivity contribution is -0.147. The first-order valence-corrected chi connectivity index (χ1v) is 11.4. The highest BCUT2D eigenvalue weighted by molar-refractivity contribution is 5.80. The van der Waals surface area contributed by atoms with E-state index in [0.717, 1.165) is 53.7 Å². The molecule has 1 aromatic rings. The minimum absolute atomic E-state index is 0.0630. The van der Waals surface area contributed by atoms with Crippen molar-refractivity contribution in [1.29, 1.82) is 0 Å². The zero-order valence-electron chi connectivity index (χ0n) is 19.9.